The molecule has 0 saturated heterocycles. The number of rotatable bonds is 10. The van der Waals surface area contributed by atoms with E-state index in [1.165, 1.54) is 145 Å². The molecule has 0 spiro atoms. The Kier molecular flexibility index (Phi) is 12.2. The molecule has 0 amide bonds. The van der Waals surface area contributed by atoms with Crippen molar-refractivity contribution in [1.29, 1.82) is 0 Å². The van der Waals surface area contributed by atoms with Crippen LogP contribution in [0.3, 0.4) is 0 Å². The highest BCUT2D eigenvalue weighted by molar-refractivity contribution is 5.96. The van der Waals surface area contributed by atoms with E-state index in [4.69, 9.17) is 0 Å². The van der Waals surface area contributed by atoms with Gasteiger partial charge in [0.1, 0.15) is 0 Å². The second-order valence-corrected chi connectivity index (χ2v) is 25.8. The minimum Gasteiger partial charge on any atom is -0.310 e. The Hall–Kier alpha value is -9.50. The first-order valence-electron chi connectivity index (χ1n) is 30.4. The van der Waals surface area contributed by atoms with Gasteiger partial charge in [-0.05, 0) is 203 Å². The van der Waals surface area contributed by atoms with Gasteiger partial charge < -0.3 is 9.80 Å². The highest BCUT2D eigenvalue weighted by Gasteiger charge is 2.41. The highest BCUT2D eigenvalue weighted by Crippen LogP contribution is 2.56. The average molecular weight is 1100 g/mol. The van der Waals surface area contributed by atoms with Gasteiger partial charge in [-0.2, -0.15) is 0 Å². The first-order chi connectivity index (χ1) is 41.2. The van der Waals surface area contributed by atoms with E-state index in [1.54, 1.807) is 0 Å². The van der Waals surface area contributed by atoms with E-state index in [0.29, 0.717) is 5.92 Å². The Bertz CT molecular complexity index is 4700. The second-order valence-electron chi connectivity index (χ2n) is 25.8. The van der Waals surface area contributed by atoms with Crippen molar-refractivity contribution in [3.05, 3.63) is 309 Å². The third-order valence-corrected chi connectivity index (χ3v) is 19.5. The number of benzene rings is 11. The fourth-order valence-corrected chi connectivity index (χ4v) is 14.7. The molecule has 15 rings (SSSR count). The van der Waals surface area contributed by atoms with Crippen molar-refractivity contribution in [3.8, 4) is 22.3 Å². The number of fused-ring (bicyclic) bond motifs is 11. The van der Waals surface area contributed by atoms with Crippen LogP contribution < -0.4 is 9.80 Å². The van der Waals surface area contributed by atoms with Gasteiger partial charge in [-0.15, -0.1) is 0 Å². The molecular weight excluding hydrogens is 1020 g/mol. The Morgan fingerprint density at radius 3 is 1.21 bits per heavy atom. The quantitative estimate of drug-likeness (QED) is 0.126. The summed E-state index contributed by atoms with van der Waals surface area (Å²) < 4.78 is 0. The van der Waals surface area contributed by atoms with Crippen LogP contribution in [0.2, 0.25) is 0 Å². The zero-order chi connectivity index (χ0) is 57.9. The van der Waals surface area contributed by atoms with Gasteiger partial charge in [0.05, 0.1) is 0 Å². The van der Waals surface area contributed by atoms with E-state index < -0.39 is 0 Å². The normalized spacial score (nSPS) is 16.4. The number of aryl methyl sites for hydroxylation is 2. The van der Waals surface area contributed by atoms with Gasteiger partial charge in [-0.1, -0.05) is 242 Å². The zero-order valence-corrected chi connectivity index (χ0v) is 50.0. The molecule has 2 heteroatoms. The van der Waals surface area contributed by atoms with Crippen LogP contribution in [0.15, 0.2) is 248 Å². The number of anilines is 6. The van der Waals surface area contributed by atoms with E-state index in [2.05, 4.69) is 326 Å². The Morgan fingerprint density at radius 2 is 0.729 bits per heavy atom. The molecular formula is C83H70N2. The van der Waals surface area contributed by atoms with E-state index in [9.17, 15) is 0 Å². The van der Waals surface area contributed by atoms with Crippen molar-refractivity contribution in [3.63, 3.8) is 0 Å². The van der Waals surface area contributed by atoms with E-state index >= 15 is 0 Å². The monoisotopic (exact) mass is 1090 g/mol. The summed E-state index contributed by atoms with van der Waals surface area (Å²) in [6, 6.07) is 84.0. The molecule has 0 aliphatic heterocycles. The summed E-state index contributed by atoms with van der Waals surface area (Å²) in [6.45, 7) is 18.8. The molecule has 0 heterocycles. The molecule has 0 aromatic heterocycles. The zero-order valence-electron chi connectivity index (χ0n) is 50.0. The Balaban J connectivity index is 0.662. The molecule has 85 heavy (non-hydrogen) atoms. The van der Waals surface area contributed by atoms with Gasteiger partial charge >= 0.3 is 0 Å². The topological polar surface area (TPSA) is 6.48 Å². The molecule has 0 bridgehead atoms. The van der Waals surface area contributed by atoms with Gasteiger partial charge in [0.15, 0.2) is 0 Å². The molecule has 4 aliphatic rings. The lowest BCUT2D eigenvalue weighted by Gasteiger charge is -2.29. The fraction of sp³-hybridized carbons (Fsp3) is 0.157. The van der Waals surface area contributed by atoms with Crippen LogP contribution in [0.4, 0.5) is 34.1 Å². The number of hydrogen-bond donors (Lipinski definition) is 0. The second kappa shape index (κ2) is 19.8. The van der Waals surface area contributed by atoms with Gasteiger partial charge in [0.2, 0.25) is 0 Å². The summed E-state index contributed by atoms with van der Waals surface area (Å²) in [7, 11) is 0. The third kappa shape index (κ3) is 8.67. The molecule has 11 aromatic rings. The average Bonchev–Trinajstić information content (AvgIpc) is 3.21. The number of para-hydroxylation sites is 2. The molecule has 0 fully saturated rings. The first-order valence-corrected chi connectivity index (χ1v) is 30.4. The van der Waals surface area contributed by atoms with Crippen molar-refractivity contribution >= 4 is 79.5 Å². The summed E-state index contributed by atoms with van der Waals surface area (Å²) in [4.78, 5) is 4.88. The predicted molar refractivity (Wildman–Crippen MR) is 363 cm³/mol. The van der Waals surface area contributed by atoms with Crippen molar-refractivity contribution < 1.29 is 0 Å². The maximum atomic E-state index is 2.56. The predicted octanol–water partition coefficient (Wildman–Crippen LogP) is 22.7. The molecule has 2 nitrogen and oxygen atoms in total. The van der Waals surface area contributed by atoms with Crippen LogP contribution in [-0.2, 0) is 16.2 Å². The van der Waals surface area contributed by atoms with Crippen molar-refractivity contribution in [2.24, 2.45) is 5.92 Å². The van der Waals surface area contributed by atoms with Crippen LogP contribution in [-0.4, -0.2) is 0 Å². The lowest BCUT2D eigenvalue weighted by Crippen LogP contribution is -2.18. The van der Waals surface area contributed by atoms with Crippen LogP contribution in [0.1, 0.15) is 109 Å². The van der Waals surface area contributed by atoms with Crippen LogP contribution in [0.25, 0.3) is 67.6 Å². The fourth-order valence-electron chi connectivity index (χ4n) is 14.7. The molecule has 412 valence electrons. The molecule has 0 saturated carbocycles. The smallest absolute Gasteiger partial charge is 0.0490 e. The van der Waals surface area contributed by atoms with E-state index in [1.807, 2.05) is 0 Å². The number of allylic oxidation sites excluding steroid dienone is 5. The lowest BCUT2D eigenvalue weighted by atomic mass is 9.78. The summed E-state index contributed by atoms with van der Waals surface area (Å²) >= 11 is 0. The van der Waals surface area contributed by atoms with Crippen molar-refractivity contribution in [1.82, 2.24) is 0 Å². The van der Waals surface area contributed by atoms with Crippen LogP contribution in [0.5, 0.6) is 0 Å². The summed E-state index contributed by atoms with van der Waals surface area (Å²) in [5.74, 6) is 0.308. The maximum absolute atomic E-state index is 2.56. The summed E-state index contributed by atoms with van der Waals surface area (Å²) in [5, 5.41) is 4.97. The van der Waals surface area contributed by atoms with Crippen LogP contribution in [0, 0.1) is 19.8 Å². The Labute approximate surface area is 502 Å². The molecule has 1 unspecified atom stereocenters. The van der Waals surface area contributed by atoms with Crippen molar-refractivity contribution in [2.75, 3.05) is 9.80 Å². The van der Waals surface area contributed by atoms with Crippen LogP contribution >= 0.6 is 0 Å². The standard InChI is InChI=1S/C83H70N2/c1-53-17-9-15-23-79(53)84(63-35-33-59-19-11-13-21-61(59)49-63)65-37-43-71-69-41-31-57(47-75(69)82(5,6)77(71)51-65)27-25-55-29-39-67-68-40-30-56(46-74(68)81(3,4)73(67)45-55)26-28-58-32-42-70-72-44-38-66(52-78(72)83(7,8)76(70)48-58)85(80-24-16-10-18-54(80)2)64-36-34-60-20-12-14-22-62(60)50-64/h9-31,33-52,58H,32H2,1-8H3/b27-25+,28-26+. The third-order valence-electron chi connectivity index (χ3n) is 19.5. The van der Waals surface area contributed by atoms with Gasteiger partial charge in [0, 0.05) is 50.4 Å². The highest BCUT2D eigenvalue weighted by atomic mass is 15.1. The van der Waals surface area contributed by atoms with E-state index in [-0.39, 0.29) is 16.2 Å². The lowest BCUT2D eigenvalue weighted by molar-refractivity contribution is 0.645. The first kappa shape index (κ1) is 52.3. The SMILES string of the molecule is Cc1ccccc1N(c1ccc2c(c1)C(C)(C)C1=CC(/C=C/c3ccc4c(c3)C(C)(C)c3cc(/C=C/c5ccc6c(c5)C(C)(C)c5cc(N(c7ccc8ccccc8c7)c7ccccc7C)ccc5-6)ccc3-4)CC=C12)c1ccc2ccccc2c1. The van der Waals surface area contributed by atoms with E-state index in [0.717, 1.165) is 12.1 Å². The molecule has 11 aromatic carbocycles. The minimum atomic E-state index is -0.187. The number of nitrogens with zero attached hydrogens (tertiary/aromatic N) is 2. The molecule has 0 radical (unpaired) electrons. The summed E-state index contributed by atoms with van der Waals surface area (Å²) in [5.41, 5.74) is 29.2. The Morgan fingerprint density at radius 1 is 0.353 bits per heavy atom. The maximum Gasteiger partial charge on any atom is 0.0490 e. The molecule has 0 N–H and O–H groups in total. The molecule has 4 aliphatic carbocycles. The van der Waals surface area contributed by atoms with Gasteiger partial charge in [-0.3, -0.25) is 0 Å². The number of hydrogen-bond acceptors (Lipinski definition) is 2. The minimum absolute atomic E-state index is 0.143. The molecule has 1 atom stereocenters. The van der Waals surface area contributed by atoms with Gasteiger partial charge in [-0.25, -0.2) is 0 Å². The summed E-state index contributed by atoms with van der Waals surface area (Å²) in [6.07, 6.45) is 15.5. The van der Waals surface area contributed by atoms with Gasteiger partial charge in [0.25, 0.3) is 0 Å². The largest absolute Gasteiger partial charge is 0.310 e. The van der Waals surface area contributed by atoms with Crippen molar-refractivity contribution in [2.45, 2.75) is 78.1 Å².